The number of ketones is 2. The van der Waals surface area contributed by atoms with E-state index >= 15 is 0 Å². The second-order valence-corrected chi connectivity index (χ2v) is 9.03. The van der Waals surface area contributed by atoms with E-state index in [1.165, 1.54) is 18.2 Å². The van der Waals surface area contributed by atoms with Crippen LogP contribution < -0.4 is 16.4 Å². The molecule has 0 bridgehead atoms. The van der Waals surface area contributed by atoms with Gasteiger partial charge in [-0.15, -0.1) is 6.58 Å². The van der Waals surface area contributed by atoms with Crippen molar-refractivity contribution in [1.82, 2.24) is 5.32 Å². The van der Waals surface area contributed by atoms with Gasteiger partial charge in [0.2, 0.25) is 5.78 Å². The Labute approximate surface area is 204 Å². The SMILES string of the molecule is C=CCNC(=O)Nc1ccc2c(c1O)C(O)=C1C(=O)[C@]3(O)C(O)=C(C(N)=O)C(=O)C[C@@H]3[C@@H](O)[C@@H]1[C@H]2C. The monoisotopic (exact) mass is 499 g/mol. The van der Waals surface area contributed by atoms with Crippen LogP contribution in [0.5, 0.6) is 5.75 Å². The molecule has 1 saturated carbocycles. The zero-order valence-electron chi connectivity index (χ0n) is 19.1. The largest absolute Gasteiger partial charge is 0.508 e. The van der Waals surface area contributed by atoms with Crippen molar-refractivity contribution in [1.29, 1.82) is 0 Å². The molecular weight excluding hydrogens is 474 g/mol. The third kappa shape index (κ3) is 3.29. The molecule has 9 N–H and O–H groups in total. The molecule has 1 fully saturated rings. The van der Waals surface area contributed by atoms with E-state index in [0.717, 1.165) is 0 Å². The standard InChI is InChI=1S/C24H25N3O9/c1-3-6-26-23(35)27-11-5-4-9-8(2)13-16(19(31)14(9)18(11)30)21(33)24(36)10(17(13)29)7-12(28)15(20(24)32)22(25)34/h3-5,8,10,13,17,29-32,36H,1,6-7H2,2H3,(H2,25,34)(H2,26,27,35)/t8-,10+,13+,17+,24+/m0/s1. The molecule has 12 heteroatoms. The molecular formula is C24H25N3O9. The van der Waals surface area contributed by atoms with Gasteiger partial charge in [-0.3, -0.25) is 14.4 Å². The summed E-state index contributed by atoms with van der Waals surface area (Å²) in [7, 11) is 0. The van der Waals surface area contributed by atoms with E-state index < -0.39 is 87.8 Å². The van der Waals surface area contributed by atoms with Crippen LogP contribution >= 0.6 is 0 Å². The molecule has 1 aromatic rings. The quantitative estimate of drug-likeness (QED) is 0.161. The first-order valence-corrected chi connectivity index (χ1v) is 11.0. The molecule has 12 nitrogen and oxygen atoms in total. The number of carbonyl (C=O) groups is 4. The van der Waals surface area contributed by atoms with Crippen LogP contribution in [-0.2, 0) is 14.4 Å². The Morgan fingerprint density at radius 2 is 1.92 bits per heavy atom. The molecule has 0 heterocycles. The zero-order chi connectivity index (χ0) is 26.7. The van der Waals surface area contributed by atoms with E-state index in [9.17, 15) is 44.7 Å². The fraction of sp³-hybridized carbons (Fsp3) is 0.333. The van der Waals surface area contributed by atoms with Crippen LogP contribution in [0, 0.1) is 11.8 Å². The summed E-state index contributed by atoms with van der Waals surface area (Å²) in [5.41, 5.74) is 0.786. The molecule has 0 unspecified atom stereocenters. The minimum Gasteiger partial charge on any atom is -0.508 e. The highest BCUT2D eigenvalue weighted by Crippen LogP contribution is 2.56. The lowest BCUT2D eigenvalue weighted by atomic mass is 9.55. The number of fused-ring (bicyclic) bond motifs is 3. The Balaban J connectivity index is 1.89. The van der Waals surface area contributed by atoms with E-state index in [-0.39, 0.29) is 17.8 Å². The van der Waals surface area contributed by atoms with Crippen molar-refractivity contribution in [3.63, 3.8) is 0 Å². The number of phenolic OH excluding ortho intramolecular Hbond substituents is 1. The number of benzene rings is 1. The zero-order valence-corrected chi connectivity index (χ0v) is 19.1. The van der Waals surface area contributed by atoms with E-state index in [1.807, 2.05) is 0 Å². The van der Waals surface area contributed by atoms with E-state index in [4.69, 9.17) is 5.73 Å². The lowest BCUT2D eigenvalue weighted by Crippen LogP contribution is -2.63. The van der Waals surface area contributed by atoms with Crippen LogP contribution in [0.1, 0.15) is 30.4 Å². The molecule has 5 atom stereocenters. The maximum Gasteiger partial charge on any atom is 0.319 e. The number of aliphatic hydroxyl groups is 4. The van der Waals surface area contributed by atoms with Crippen molar-refractivity contribution in [2.45, 2.75) is 31.0 Å². The van der Waals surface area contributed by atoms with Gasteiger partial charge in [-0.05, 0) is 17.5 Å². The van der Waals surface area contributed by atoms with Gasteiger partial charge in [-0.25, -0.2) is 4.79 Å². The van der Waals surface area contributed by atoms with Crippen LogP contribution in [0.25, 0.3) is 5.76 Å². The average molecular weight is 499 g/mol. The molecule has 0 radical (unpaired) electrons. The lowest BCUT2D eigenvalue weighted by molar-refractivity contribution is -0.160. The smallest absolute Gasteiger partial charge is 0.319 e. The summed E-state index contributed by atoms with van der Waals surface area (Å²) >= 11 is 0. The molecule has 3 amide bonds. The first-order chi connectivity index (χ1) is 16.9. The first kappa shape index (κ1) is 24.9. The van der Waals surface area contributed by atoms with Crippen LogP contribution in [-0.4, -0.2) is 67.3 Å². The lowest BCUT2D eigenvalue weighted by Gasteiger charge is -2.50. The van der Waals surface area contributed by atoms with Gasteiger partial charge in [0.1, 0.15) is 22.8 Å². The van der Waals surface area contributed by atoms with Crippen LogP contribution in [0.4, 0.5) is 10.5 Å². The van der Waals surface area contributed by atoms with Gasteiger partial charge in [0.05, 0.1) is 17.4 Å². The predicted octanol–water partition coefficient (Wildman–Crippen LogP) is 0.263. The molecule has 0 aliphatic heterocycles. The number of rotatable bonds is 4. The second-order valence-electron chi connectivity index (χ2n) is 9.03. The van der Waals surface area contributed by atoms with Crippen LogP contribution in [0.15, 0.2) is 41.7 Å². The van der Waals surface area contributed by atoms with Crippen molar-refractivity contribution >= 4 is 35.0 Å². The highest BCUT2D eigenvalue weighted by atomic mass is 16.4. The average Bonchev–Trinajstić information content (AvgIpc) is 2.81. The summed E-state index contributed by atoms with van der Waals surface area (Å²) in [4.78, 5) is 49.8. The summed E-state index contributed by atoms with van der Waals surface area (Å²) in [5, 5.41) is 60.0. The van der Waals surface area contributed by atoms with Gasteiger partial charge < -0.3 is 41.9 Å². The Bertz CT molecular complexity index is 1300. The normalized spacial score (nSPS) is 29.2. The third-order valence-electron chi connectivity index (χ3n) is 7.16. The first-order valence-electron chi connectivity index (χ1n) is 11.0. The Morgan fingerprint density at radius 3 is 2.53 bits per heavy atom. The second kappa shape index (κ2) is 8.50. The Hall–Kier alpha value is -4.16. The number of aromatic hydroxyl groups is 1. The fourth-order valence-electron chi connectivity index (χ4n) is 5.43. The van der Waals surface area contributed by atoms with Crippen molar-refractivity contribution < 1.29 is 44.7 Å². The molecule has 0 spiro atoms. The van der Waals surface area contributed by atoms with E-state index in [1.54, 1.807) is 6.92 Å². The minimum absolute atomic E-state index is 0.101. The van der Waals surface area contributed by atoms with Crippen molar-refractivity contribution in [2.24, 2.45) is 17.6 Å². The molecule has 0 aromatic heterocycles. The topological polar surface area (TPSA) is 220 Å². The number of anilines is 1. The van der Waals surface area contributed by atoms with Crippen LogP contribution in [0.3, 0.4) is 0 Å². The highest BCUT2D eigenvalue weighted by molar-refractivity contribution is 6.23. The highest BCUT2D eigenvalue weighted by Gasteiger charge is 2.64. The maximum atomic E-state index is 13.6. The molecule has 190 valence electrons. The Morgan fingerprint density at radius 1 is 1.25 bits per heavy atom. The molecule has 1 aromatic carbocycles. The van der Waals surface area contributed by atoms with Gasteiger partial charge in [-0.1, -0.05) is 19.1 Å². The van der Waals surface area contributed by atoms with E-state index in [2.05, 4.69) is 17.2 Å². The van der Waals surface area contributed by atoms with Crippen LogP contribution in [0.2, 0.25) is 0 Å². The van der Waals surface area contributed by atoms with Gasteiger partial charge in [0, 0.05) is 30.4 Å². The number of aliphatic hydroxyl groups excluding tert-OH is 3. The molecule has 36 heavy (non-hydrogen) atoms. The van der Waals surface area contributed by atoms with Crippen molar-refractivity contribution in [3.8, 4) is 5.75 Å². The van der Waals surface area contributed by atoms with Gasteiger partial charge in [-0.2, -0.15) is 0 Å². The minimum atomic E-state index is -2.91. The van der Waals surface area contributed by atoms with Gasteiger partial charge >= 0.3 is 6.03 Å². The van der Waals surface area contributed by atoms with Crippen molar-refractivity contribution in [3.05, 3.63) is 52.8 Å². The molecule has 4 rings (SSSR count). The fourth-order valence-corrected chi connectivity index (χ4v) is 5.43. The summed E-state index contributed by atoms with van der Waals surface area (Å²) < 4.78 is 0. The number of hydrogen-bond acceptors (Lipinski definition) is 9. The summed E-state index contributed by atoms with van der Waals surface area (Å²) in [6.45, 7) is 5.22. The number of nitrogens with two attached hydrogens (primary N) is 1. The molecule has 3 aliphatic carbocycles. The number of hydrogen-bond donors (Lipinski definition) is 8. The van der Waals surface area contributed by atoms with Gasteiger partial charge in [0.15, 0.2) is 11.4 Å². The number of primary amides is 1. The van der Waals surface area contributed by atoms with Crippen molar-refractivity contribution in [2.75, 3.05) is 11.9 Å². The number of amides is 3. The number of urea groups is 1. The van der Waals surface area contributed by atoms with E-state index in [0.29, 0.717) is 5.56 Å². The molecule has 3 aliphatic rings. The maximum absolute atomic E-state index is 13.6. The number of nitrogens with one attached hydrogen (secondary N) is 2. The third-order valence-corrected chi connectivity index (χ3v) is 7.16. The number of carbonyl (C=O) groups excluding carboxylic acids is 4. The number of phenols is 1. The summed E-state index contributed by atoms with van der Waals surface area (Å²) in [6.07, 6.45) is -0.823. The summed E-state index contributed by atoms with van der Waals surface area (Å²) in [5.74, 6) is -9.58. The molecule has 0 saturated heterocycles. The number of Topliss-reactive ketones (excluding diaryl/α,β-unsaturated/α-hetero) is 2. The Kier molecular flexibility index (Phi) is 5.89. The van der Waals surface area contributed by atoms with Gasteiger partial charge in [0.25, 0.3) is 5.91 Å². The predicted molar refractivity (Wildman–Crippen MR) is 125 cm³/mol. The summed E-state index contributed by atoms with van der Waals surface area (Å²) in [6, 6.07) is 2.19.